The molecule has 4 atom stereocenters. The van der Waals surface area contributed by atoms with Gasteiger partial charge in [-0.3, -0.25) is 9.55 Å². The number of nitrogens with one attached hydrogen (secondary N) is 1. The maximum atomic E-state index is 12.5. The summed E-state index contributed by atoms with van der Waals surface area (Å²) in [6.45, 7) is 15.0. The summed E-state index contributed by atoms with van der Waals surface area (Å²) in [5.74, 6) is 0.113. The first-order chi connectivity index (χ1) is 11.9. The van der Waals surface area contributed by atoms with Gasteiger partial charge in [0.15, 0.2) is 20.0 Å². The van der Waals surface area contributed by atoms with E-state index >= 15 is 0 Å². The van der Waals surface area contributed by atoms with Crippen LogP contribution in [0.15, 0.2) is 22.2 Å². The predicted octanol–water partition coefficient (Wildman–Crippen LogP) is 2.80. The number of ether oxygens (including phenoxy) is 1. The molecule has 0 aromatic carbocycles. The van der Waals surface area contributed by atoms with Gasteiger partial charge < -0.3 is 14.4 Å². The molecule has 1 saturated heterocycles. The Bertz CT molecular complexity index is 768. The highest BCUT2D eigenvalue weighted by Crippen LogP contribution is 2.43. The van der Waals surface area contributed by atoms with Crippen molar-refractivity contribution in [3.8, 4) is 0 Å². The highest BCUT2D eigenvalue weighted by Gasteiger charge is 2.48. The van der Waals surface area contributed by atoms with Gasteiger partial charge in [-0.1, -0.05) is 39.8 Å². The fourth-order valence-corrected chi connectivity index (χ4v) is 4.23. The van der Waals surface area contributed by atoms with E-state index in [0.29, 0.717) is 0 Å². The summed E-state index contributed by atoms with van der Waals surface area (Å²) in [6, 6.07) is -0.0885. The summed E-state index contributed by atoms with van der Waals surface area (Å²) in [7, 11) is -2.09. The van der Waals surface area contributed by atoms with E-state index in [0.717, 1.165) is 6.42 Å². The lowest BCUT2D eigenvalue weighted by atomic mass is 9.99. The monoisotopic (exact) mass is 370 g/mol. The molecule has 0 spiro atoms. The normalized spacial score (nSPS) is 29.1. The van der Waals surface area contributed by atoms with E-state index in [9.17, 15) is 4.79 Å². The van der Waals surface area contributed by atoms with Gasteiger partial charge in [-0.2, -0.15) is 0 Å². The van der Waals surface area contributed by atoms with Crippen molar-refractivity contribution in [3.63, 3.8) is 0 Å². The molecule has 1 fully saturated rings. The maximum absolute atomic E-state index is 12.5. The van der Waals surface area contributed by atoms with Crippen LogP contribution in [0.1, 0.15) is 48.6 Å². The molecule has 0 amide bonds. The summed E-state index contributed by atoms with van der Waals surface area (Å²) in [6.07, 6.45) is 1.21. The van der Waals surface area contributed by atoms with Gasteiger partial charge in [-0.15, -0.1) is 0 Å². The number of hydrogen-bond acceptors (Lipinski definition) is 5. The van der Waals surface area contributed by atoms with Crippen molar-refractivity contribution in [1.82, 2.24) is 9.55 Å². The number of aromatic amines is 1. The Morgan fingerprint density at radius 3 is 2.68 bits per heavy atom. The summed E-state index contributed by atoms with van der Waals surface area (Å²) < 4.78 is 22.1. The van der Waals surface area contributed by atoms with Crippen molar-refractivity contribution in [2.75, 3.05) is 0 Å². The smallest absolute Gasteiger partial charge is 0.329 e. The Kier molecular flexibility index (Phi) is 5.22. The molecule has 142 valence electrons. The molecule has 7 nitrogen and oxygen atoms in total. The molecule has 0 saturated carbocycles. The standard InChI is InChI=1S/C17H31N3O4Si/c1-8-12-11(2)14(24-25(6,7)17(3,4)5)15(23-12)20-10-9-13(19-22)18-16(20)21/h9-12,14-15,22H,8H2,1-7H3,(H,18,19,21)/t11?,12-,14+,15-/m1/s1/i9D. The third kappa shape index (κ3) is 3.90. The first kappa shape index (κ1) is 18.4. The van der Waals surface area contributed by atoms with Gasteiger partial charge in [-0.25, -0.2) is 4.79 Å². The van der Waals surface area contributed by atoms with E-state index in [1.54, 1.807) is 0 Å². The second-order valence-electron chi connectivity index (χ2n) is 8.23. The minimum Gasteiger partial charge on any atom is -0.409 e. The Morgan fingerprint density at radius 2 is 2.16 bits per heavy atom. The van der Waals surface area contributed by atoms with E-state index in [2.05, 4.69) is 50.9 Å². The Morgan fingerprint density at radius 1 is 1.52 bits per heavy atom. The Labute approximate surface area is 151 Å². The molecule has 0 bridgehead atoms. The van der Waals surface area contributed by atoms with Crippen molar-refractivity contribution in [2.45, 2.75) is 77.6 Å². The topological polar surface area (TPSA) is 88.8 Å². The minimum atomic E-state index is -2.09. The number of nitrogens with zero attached hydrogens (tertiary/aromatic N) is 2. The van der Waals surface area contributed by atoms with Gasteiger partial charge in [0, 0.05) is 18.2 Å². The average molecular weight is 371 g/mol. The van der Waals surface area contributed by atoms with Crippen molar-refractivity contribution >= 4 is 8.32 Å². The number of rotatable bonds is 4. The van der Waals surface area contributed by atoms with Crippen LogP contribution in [0.3, 0.4) is 0 Å². The van der Waals surface area contributed by atoms with Crippen LogP contribution < -0.4 is 11.2 Å². The van der Waals surface area contributed by atoms with Crippen LogP contribution in [0.25, 0.3) is 0 Å². The van der Waals surface area contributed by atoms with Crippen molar-refractivity contribution < 1.29 is 15.7 Å². The molecule has 1 aliphatic rings. The molecule has 2 N–H and O–H groups in total. The molecule has 1 aromatic rings. The first-order valence-electron chi connectivity index (χ1n) is 9.26. The first-order valence-corrected chi connectivity index (χ1v) is 11.7. The summed E-state index contributed by atoms with van der Waals surface area (Å²) in [4.78, 5) is 14.9. The second kappa shape index (κ2) is 7.09. The zero-order valence-corrected chi connectivity index (χ0v) is 17.2. The molecule has 1 aromatic heterocycles. The zero-order valence-electron chi connectivity index (χ0n) is 17.2. The highest BCUT2D eigenvalue weighted by molar-refractivity contribution is 6.74. The lowest BCUT2D eigenvalue weighted by molar-refractivity contribution is -0.0371. The number of aromatic nitrogens is 2. The second-order valence-corrected chi connectivity index (χ2v) is 13.0. The molecule has 2 heterocycles. The molecular weight excluding hydrogens is 338 g/mol. The van der Waals surface area contributed by atoms with Crippen LogP contribution in [-0.4, -0.2) is 35.3 Å². The largest absolute Gasteiger partial charge is 0.409 e. The van der Waals surface area contributed by atoms with Crippen molar-refractivity contribution in [2.24, 2.45) is 11.1 Å². The van der Waals surface area contributed by atoms with Gasteiger partial charge in [0.1, 0.15) is 0 Å². The van der Waals surface area contributed by atoms with Crippen molar-refractivity contribution in [1.29, 1.82) is 0 Å². The van der Waals surface area contributed by atoms with Crippen LogP contribution in [-0.2, 0) is 9.16 Å². The molecule has 1 unspecified atom stereocenters. The van der Waals surface area contributed by atoms with Crippen LogP contribution in [0.2, 0.25) is 18.1 Å². The molecule has 8 heteroatoms. The summed E-state index contributed by atoms with van der Waals surface area (Å²) >= 11 is 0. The van der Waals surface area contributed by atoms with E-state index in [-0.39, 0.29) is 34.7 Å². The SMILES string of the molecule is [2H]c1cn([C@@H]2O[C@H](CC)C(C)[C@@H]2O[Si](C)(C)C(C)(C)C)c(=O)[nH]c1=NO. The summed E-state index contributed by atoms with van der Waals surface area (Å²) in [5, 5.41) is 11.9. The lowest BCUT2D eigenvalue weighted by Gasteiger charge is -2.40. The van der Waals surface area contributed by atoms with Gasteiger partial charge in [-0.05, 0) is 24.6 Å². The quantitative estimate of drug-likeness (QED) is 0.484. The Balaban J connectivity index is 2.49. The van der Waals surface area contributed by atoms with E-state index in [1.807, 2.05) is 6.92 Å². The number of hydrogen-bond donors (Lipinski definition) is 2. The van der Waals surface area contributed by atoms with E-state index < -0.39 is 20.2 Å². The fraction of sp³-hybridized carbons (Fsp3) is 0.765. The number of H-pyrrole nitrogens is 1. The third-order valence-corrected chi connectivity index (χ3v) is 9.99. The van der Waals surface area contributed by atoms with E-state index in [4.69, 9.17) is 15.7 Å². The predicted molar refractivity (Wildman–Crippen MR) is 97.8 cm³/mol. The molecule has 2 rings (SSSR count). The Hall–Kier alpha value is -1.38. The lowest BCUT2D eigenvalue weighted by Crippen LogP contribution is -2.48. The minimum absolute atomic E-state index is 0.0267. The molecule has 1 aliphatic heterocycles. The van der Waals surface area contributed by atoms with Gasteiger partial charge in [0.2, 0.25) is 0 Å². The third-order valence-electron chi connectivity index (χ3n) is 5.51. The molecule has 0 radical (unpaired) electrons. The summed E-state index contributed by atoms with van der Waals surface area (Å²) in [5.41, 5.74) is -0.669. The van der Waals surface area contributed by atoms with Crippen LogP contribution in [0.4, 0.5) is 0 Å². The van der Waals surface area contributed by atoms with Crippen LogP contribution in [0, 0.1) is 5.92 Å². The maximum Gasteiger partial charge on any atom is 0.329 e. The molecule has 0 aliphatic carbocycles. The molecule has 25 heavy (non-hydrogen) atoms. The van der Waals surface area contributed by atoms with E-state index in [1.165, 1.54) is 10.8 Å². The van der Waals surface area contributed by atoms with Gasteiger partial charge >= 0.3 is 5.69 Å². The highest BCUT2D eigenvalue weighted by atomic mass is 28.4. The van der Waals surface area contributed by atoms with Gasteiger partial charge in [0.25, 0.3) is 0 Å². The molecular formula is C17H31N3O4Si. The average Bonchev–Trinajstić information content (AvgIpc) is 2.84. The fourth-order valence-electron chi connectivity index (χ4n) is 2.86. The van der Waals surface area contributed by atoms with Crippen LogP contribution >= 0.6 is 0 Å². The van der Waals surface area contributed by atoms with Crippen LogP contribution in [0.5, 0.6) is 0 Å². The zero-order chi connectivity index (χ0) is 19.9. The van der Waals surface area contributed by atoms with Crippen molar-refractivity contribution in [3.05, 3.63) is 28.2 Å². The van der Waals surface area contributed by atoms with Gasteiger partial charge in [0.05, 0.1) is 13.6 Å².